The Morgan fingerprint density at radius 3 is 3.18 bits per heavy atom. The lowest BCUT2D eigenvalue weighted by Gasteiger charge is -2.14. The van der Waals surface area contributed by atoms with Gasteiger partial charge in [-0.3, -0.25) is 0 Å². The Morgan fingerprint density at radius 2 is 2.41 bits per heavy atom. The van der Waals surface area contributed by atoms with Gasteiger partial charge >= 0.3 is 0 Å². The van der Waals surface area contributed by atoms with Crippen molar-refractivity contribution in [2.45, 2.75) is 31.2 Å². The molecular weight excluding hydrogens is 234 g/mol. The Labute approximate surface area is 104 Å². The maximum absolute atomic E-state index is 5.34. The zero-order valence-electron chi connectivity index (χ0n) is 9.72. The van der Waals surface area contributed by atoms with E-state index in [4.69, 9.17) is 4.52 Å². The highest BCUT2D eigenvalue weighted by atomic mass is 32.1. The molecule has 5 heteroatoms. The van der Waals surface area contributed by atoms with E-state index in [2.05, 4.69) is 15.5 Å². The van der Waals surface area contributed by atoms with Gasteiger partial charge in [0, 0.05) is 12.0 Å². The summed E-state index contributed by atoms with van der Waals surface area (Å²) in [6.45, 7) is 0. The van der Waals surface area contributed by atoms with Gasteiger partial charge in [-0.1, -0.05) is 17.6 Å². The van der Waals surface area contributed by atoms with Crippen molar-refractivity contribution in [3.05, 3.63) is 23.3 Å². The smallest absolute Gasteiger partial charge is 0.267 e. The topological polar surface area (TPSA) is 51.0 Å². The molecule has 90 valence electrons. The first-order valence-electron chi connectivity index (χ1n) is 5.93. The number of likely N-dealkylation sites (N-methyl/N-ethyl adjacent to an activating group) is 1. The summed E-state index contributed by atoms with van der Waals surface area (Å²) in [4.78, 5) is 5.57. The molecule has 2 aromatic heterocycles. The number of nitrogens with one attached hydrogen (secondary N) is 1. The predicted octanol–water partition coefficient (Wildman–Crippen LogP) is 2.65. The van der Waals surface area contributed by atoms with E-state index < -0.39 is 0 Å². The molecule has 2 atom stereocenters. The lowest BCUT2D eigenvalue weighted by atomic mass is 10.0. The van der Waals surface area contributed by atoms with Crippen molar-refractivity contribution in [2.24, 2.45) is 0 Å². The first-order chi connectivity index (χ1) is 8.38. The van der Waals surface area contributed by atoms with Gasteiger partial charge in [-0.05, 0) is 31.3 Å². The number of hydrogen-bond acceptors (Lipinski definition) is 5. The molecule has 0 aliphatic heterocycles. The summed E-state index contributed by atoms with van der Waals surface area (Å²) in [5.74, 6) is 1.90. The molecule has 4 nitrogen and oxygen atoms in total. The molecule has 2 heterocycles. The van der Waals surface area contributed by atoms with Gasteiger partial charge in [0.2, 0.25) is 0 Å². The second kappa shape index (κ2) is 4.58. The standard InChI is InChI=1S/C12H15N3OS/c1-13-9-5-2-4-8(9)11-14-12(16-15-11)10-6-3-7-17-10/h3,6-9,13H,2,4-5H2,1H3/t8-,9+/m1/s1. The zero-order chi connectivity index (χ0) is 11.7. The Kier molecular flexibility index (Phi) is 2.94. The zero-order valence-corrected chi connectivity index (χ0v) is 10.5. The van der Waals surface area contributed by atoms with Crippen LogP contribution in [-0.4, -0.2) is 23.2 Å². The fraction of sp³-hybridized carbons (Fsp3) is 0.500. The fourth-order valence-corrected chi connectivity index (χ4v) is 3.15. The molecule has 0 radical (unpaired) electrons. The molecule has 0 unspecified atom stereocenters. The van der Waals surface area contributed by atoms with Gasteiger partial charge in [-0.2, -0.15) is 4.98 Å². The average Bonchev–Trinajstić information content (AvgIpc) is 3.09. The molecule has 0 spiro atoms. The third-order valence-electron chi connectivity index (χ3n) is 3.39. The van der Waals surface area contributed by atoms with Gasteiger partial charge < -0.3 is 9.84 Å². The number of thiophene rings is 1. The van der Waals surface area contributed by atoms with Crippen molar-refractivity contribution in [2.75, 3.05) is 7.05 Å². The van der Waals surface area contributed by atoms with Crippen LogP contribution in [0.25, 0.3) is 10.8 Å². The maximum atomic E-state index is 5.34. The third kappa shape index (κ3) is 2.00. The number of rotatable bonds is 3. The average molecular weight is 249 g/mol. The number of aromatic nitrogens is 2. The Hall–Kier alpha value is -1.20. The van der Waals surface area contributed by atoms with E-state index in [-0.39, 0.29) is 0 Å². The summed E-state index contributed by atoms with van der Waals surface area (Å²) in [7, 11) is 2.00. The van der Waals surface area contributed by atoms with Crippen molar-refractivity contribution in [3.63, 3.8) is 0 Å². The summed E-state index contributed by atoms with van der Waals surface area (Å²) in [5.41, 5.74) is 0. The Bertz CT molecular complexity index is 480. The normalized spacial score (nSPS) is 24.3. The molecule has 3 rings (SSSR count). The van der Waals surface area contributed by atoms with Crippen LogP contribution in [0.15, 0.2) is 22.0 Å². The highest BCUT2D eigenvalue weighted by Gasteiger charge is 2.31. The molecular formula is C12H15N3OS. The van der Waals surface area contributed by atoms with Crippen LogP contribution in [0.3, 0.4) is 0 Å². The van der Waals surface area contributed by atoms with Crippen molar-refractivity contribution in [3.8, 4) is 10.8 Å². The van der Waals surface area contributed by atoms with Gasteiger partial charge in [0.15, 0.2) is 5.82 Å². The number of hydrogen-bond donors (Lipinski definition) is 1. The minimum absolute atomic E-state index is 0.400. The fourth-order valence-electron chi connectivity index (χ4n) is 2.50. The molecule has 1 fully saturated rings. The molecule has 0 saturated heterocycles. The molecule has 17 heavy (non-hydrogen) atoms. The van der Waals surface area contributed by atoms with E-state index in [9.17, 15) is 0 Å². The van der Waals surface area contributed by atoms with E-state index in [0.29, 0.717) is 17.9 Å². The quantitative estimate of drug-likeness (QED) is 0.908. The highest BCUT2D eigenvalue weighted by Crippen LogP contribution is 2.34. The molecule has 1 aliphatic rings. The van der Waals surface area contributed by atoms with E-state index >= 15 is 0 Å². The van der Waals surface area contributed by atoms with Crippen LogP contribution in [0.1, 0.15) is 31.0 Å². The van der Waals surface area contributed by atoms with Crippen LogP contribution in [0, 0.1) is 0 Å². The molecule has 1 aliphatic carbocycles. The SMILES string of the molecule is CN[C@H]1CCC[C@H]1c1noc(-c2cccs2)n1. The van der Waals surface area contributed by atoms with Crippen LogP contribution in [-0.2, 0) is 0 Å². The van der Waals surface area contributed by atoms with E-state index in [0.717, 1.165) is 17.1 Å². The third-order valence-corrected chi connectivity index (χ3v) is 4.25. The lowest BCUT2D eigenvalue weighted by Crippen LogP contribution is -2.28. The molecule has 1 saturated carbocycles. The molecule has 2 aromatic rings. The summed E-state index contributed by atoms with van der Waals surface area (Å²) in [6, 6.07) is 4.49. The van der Waals surface area contributed by atoms with E-state index in [1.165, 1.54) is 12.8 Å². The monoisotopic (exact) mass is 249 g/mol. The Balaban J connectivity index is 1.85. The first kappa shape index (κ1) is 10.9. The summed E-state index contributed by atoms with van der Waals surface area (Å²) in [6.07, 6.45) is 3.58. The van der Waals surface area contributed by atoms with Gasteiger partial charge in [-0.15, -0.1) is 11.3 Å². The van der Waals surface area contributed by atoms with Crippen molar-refractivity contribution in [1.29, 1.82) is 0 Å². The van der Waals surface area contributed by atoms with E-state index in [1.807, 2.05) is 24.6 Å². The Morgan fingerprint density at radius 1 is 1.47 bits per heavy atom. The van der Waals surface area contributed by atoms with E-state index in [1.54, 1.807) is 11.3 Å². The summed E-state index contributed by atoms with van der Waals surface area (Å²) in [5, 5.41) is 9.49. The van der Waals surface area contributed by atoms with Gasteiger partial charge in [0.1, 0.15) is 0 Å². The molecule has 0 bridgehead atoms. The molecule has 1 N–H and O–H groups in total. The van der Waals surface area contributed by atoms with Crippen molar-refractivity contribution in [1.82, 2.24) is 15.5 Å². The van der Waals surface area contributed by atoms with Gasteiger partial charge in [-0.25, -0.2) is 0 Å². The number of nitrogens with zero attached hydrogens (tertiary/aromatic N) is 2. The molecule has 0 amide bonds. The van der Waals surface area contributed by atoms with Crippen LogP contribution >= 0.6 is 11.3 Å². The van der Waals surface area contributed by atoms with Crippen molar-refractivity contribution >= 4 is 11.3 Å². The lowest BCUT2D eigenvalue weighted by molar-refractivity contribution is 0.406. The van der Waals surface area contributed by atoms with Crippen LogP contribution < -0.4 is 5.32 Å². The van der Waals surface area contributed by atoms with Crippen LogP contribution in [0.4, 0.5) is 0 Å². The summed E-state index contributed by atoms with van der Waals surface area (Å²) < 4.78 is 5.34. The maximum Gasteiger partial charge on any atom is 0.267 e. The van der Waals surface area contributed by atoms with Crippen LogP contribution in [0.5, 0.6) is 0 Å². The second-order valence-electron chi connectivity index (χ2n) is 4.37. The van der Waals surface area contributed by atoms with Gasteiger partial charge in [0.05, 0.1) is 4.88 Å². The minimum atomic E-state index is 0.400. The first-order valence-corrected chi connectivity index (χ1v) is 6.81. The highest BCUT2D eigenvalue weighted by molar-refractivity contribution is 7.13. The predicted molar refractivity (Wildman–Crippen MR) is 67.1 cm³/mol. The second-order valence-corrected chi connectivity index (χ2v) is 5.32. The van der Waals surface area contributed by atoms with Crippen molar-refractivity contribution < 1.29 is 4.52 Å². The molecule has 0 aromatic carbocycles. The largest absolute Gasteiger partial charge is 0.333 e. The minimum Gasteiger partial charge on any atom is -0.333 e. The van der Waals surface area contributed by atoms with Crippen LogP contribution in [0.2, 0.25) is 0 Å². The summed E-state index contributed by atoms with van der Waals surface area (Å²) >= 11 is 1.63. The van der Waals surface area contributed by atoms with Gasteiger partial charge in [0.25, 0.3) is 5.89 Å².